The summed E-state index contributed by atoms with van der Waals surface area (Å²) in [5.41, 5.74) is 1.84. The minimum absolute atomic E-state index is 0.263. The maximum atomic E-state index is 12.3. The Kier molecular flexibility index (Phi) is 5.38. The van der Waals surface area contributed by atoms with E-state index in [1.807, 2.05) is 0 Å². The molecule has 1 fully saturated rings. The van der Waals surface area contributed by atoms with Gasteiger partial charge in [0.05, 0.1) is 13.2 Å². The van der Waals surface area contributed by atoms with Crippen molar-refractivity contribution in [2.24, 2.45) is 0 Å². The van der Waals surface area contributed by atoms with Gasteiger partial charge in [-0.1, -0.05) is 0 Å². The van der Waals surface area contributed by atoms with Crippen LogP contribution in [0.25, 0.3) is 0 Å². The van der Waals surface area contributed by atoms with Gasteiger partial charge >= 0.3 is 11.9 Å². The second-order valence-electron chi connectivity index (χ2n) is 6.53. The van der Waals surface area contributed by atoms with Gasteiger partial charge in [-0.2, -0.15) is 0 Å². The van der Waals surface area contributed by atoms with Crippen molar-refractivity contribution in [3.63, 3.8) is 0 Å². The molecule has 2 aromatic heterocycles. The van der Waals surface area contributed by atoms with Crippen LogP contribution in [0.4, 0.5) is 0 Å². The third-order valence-corrected chi connectivity index (χ3v) is 4.23. The van der Waals surface area contributed by atoms with E-state index in [-0.39, 0.29) is 13.2 Å². The summed E-state index contributed by atoms with van der Waals surface area (Å²) in [7, 11) is 0. The fraction of sp³-hybridized carbons (Fsp3) is 0.474. The van der Waals surface area contributed by atoms with Crippen LogP contribution in [-0.2, 0) is 18.9 Å². The Morgan fingerprint density at radius 2 is 1.33 bits per heavy atom. The molecule has 0 unspecified atom stereocenters. The molecule has 3 heterocycles. The lowest BCUT2D eigenvalue weighted by molar-refractivity contribution is -0.147. The van der Waals surface area contributed by atoms with Gasteiger partial charge < -0.3 is 28.9 Å². The first-order valence-electron chi connectivity index (χ1n) is 8.92. The molecule has 1 aliphatic heterocycles. The zero-order valence-electron chi connectivity index (χ0n) is 15.8. The van der Waals surface area contributed by atoms with Crippen LogP contribution in [0.3, 0.4) is 0 Å². The summed E-state index contributed by atoms with van der Waals surface area (Å²) in [5, 5.41) is 0. The van der Waals surface area contributed by atoms with Gasteiger partial charge in [-0.3, -0.25) is 0 Å². The van der Waals surface area contributed by atoms with Crippen molar-refractivity contribution in [1.82, 2.24) is 9.97 Å². The Morgan fingerprint density at radius 3 is 1.70 bits per heavy atom. The molecule has 1 aliphatic rings. The van der Waals surface area contributed by atoms with Crippen molar-refractivity contribution < 1.29 is 28.5 Å². The average Bonchev–Trinajstić information content (AvgIpc) is 3.32. The Balaban J connectivity index is 1.99. The summed E-state index contributed by atoms with van der Waals surface area (Å²) in [4.78, 5) is 30.4. The second kappa shape index (κ2) is 7.58. The van der Waals surface area contributed by atoms with E-state index in [1.54, 1.807) is 52.2 Å². The number of carbonyl (C=O) groups excluding carboxylic acids is 2. The van der Waals surface area contributed by atoms with Crippen LogP contribution in [0.2, 0.25) is 0 Å². The topological polar surface area (TPSA) is 103 Å². The smallest absolute Gasteiger partial charge is 0.355 e. The van der Waals surface area contributed by atoms with Crippen molar-refractivity contribution in [1.29, 1.82) is 0 Å². The fourth-order valence-electron chi connectivity index (χ4n) is 3.21. The molecule has 1 saturated heterocycles. The number of hydrogen-bond donors (Lipinski definition) is 2. The van der Waals surface area contributed by atoms with Gasteiger partial charge in [0, 0.05) is 23.5 Å². The van der Waals surface area contributed by atoms with Gasteiger partial charge in [0.2, 0.25) is 0 Å². The largest absolute Gasteiger partial charge is 0.461 e. The third kappa shape index (κ3) is 3.77. The minimum atomic E-state index is -0.901. The molecule has 146 valence electrons. The molecule has 0 aliphatic carbocycles. The van der Waals surface area contributed by atoms with Crippen LogP contribution >= 0.6 is 0 Å². The van der Waals surface area contributed by atoms with Gasteiger partial charge in [0.25, 0.3) is 0 Å². The molecule has 0 radical (unpaired) electrons. The van der Waals surface area contributed by atoms with E-state index in [1.165, 1.54) is 0 Å². The van der Waals surface area contributed by atoms with Crippen molar-refractivity contribution in [3.8, 4) is 0 Å². The lowest BCUT2D eigenvalue weighted by Crippen LogP contribution is -2.20. The molecule has 0 bridgehead atoms. The molecule has 0 spiro atoms. The monoisotopic (exact) mass is 376 g/mol. The van der Waals surface area contributed by atoms with Crippen LogP contribution in [-0.4, -0.2) is 40.9 Å². The summed E-state index contributed by atoms with van der Waals surface area (Å²) in [6.07, 6.45) is 2.09. The number of rotatable bonds is 6. The molecular formula is C19H24N2O6. The Bertz CT molecular complexity index is 756. The molecule has 2 aromatic rings. The lowest BCUT2D eigenvalue weighted by atomic mass is 9.98. The van der Waals surface area contributed by atoms with Crippen LogP contribution in [0.5, 0.6) is 0 Å². The first-order chi connectivity index (χ1) is 12.9. The maximum Gasteiger partial charge on any atom is 0.355 e. The fourth-order valence-corrected chi connectivity index (χ4v) is 3.21. The van der Waals surface area contributed by atoms with Crippen LogP contribution in [0, 0.1) is 0 Å². The van der Waals surface area contributed by atoms with E-state index in [9.17, 15) is 9.59 Å². The van der Waals surface area contributed by atoms with Gasteiger partial charge in [-0.15, -0.1) is 0 Å². The number of carbonyl (C=O) groups is 2. The zero-order chi connectivity index (χ0) is 19.6. The van der Waals surface area contributed by atoms with Crippen molar-refractivity contribution in [3.05, 3.63) is 47.0 Å². The normalized spacial score (nSPS) is 21.2. The van der Waals surface area contributed by atoms with E-state index >= 15 is 0 Å². The van der Waals surface area contributed by atoms with Gasteiger partial charge in [0.1, 0.15) is 23.6 Å². The summed E-state index contributed by atoms with van der Waals surface area (Å²) >= 11 is 0. The van der Waals surface area contributed by atoms with E-state index in [0.717, 1.165) is 0 Å². The van der Waals surface area contributed by atoms with E-state index < -0.39 is 29.9 Å². The highest BCUT2D eigenvalue weighted by atomic mass is 16.8. The summed E-state index contributed by atoms with van der Waals surface area (Å²) in [6, 6.07) is 3.51. The summed E-state index contributed by atoms with van der Waals surface area (Å²) in [5.74, 6) is -1.84. The van der Waals surface area contributed by atoms with Crippen molar-refractivity contribution in [2.75, 3.05) is 13.2 Å². The van der Waals surface area contributed by atoms with Crippen LogP contribution in [0.1, 0.15) is 72.0 Å². The first kappa shape index (κ1) is 19.2. The number of esters is 2. The Morgan fingerprint density at radius 1 is 0.926 bits per heavy atom. The average molecular weight is 376 g/mol. The zero-order valence-corrected chi connectivity index (χ0v) is 15.8. The quantitative estimate of drug-likeness (QED) is 0.750. The molecule has 2 N–H and O–H groups in total. The number of H-pyrrole nitrogens is 2. The number of ether oxygens (including phenoxy) is 4. The molecule has 0 amide bonds. The van der Waals surface area contributed by atoms with Gasteiger partial charge in [0.15, 0.2) is 5.79 Å². The number of aromatic amines is 2. The lowest BCUT2D eigenvalue weighted by Gasteiger charge is -2.17. The molecule has 2 atom stereocenters. The van der Waals surface area contributed by atoms with Gasteiger partial charge in [-0.25, -0.2) is 9.59 Å². The molecule has 0 aromatic carbocycles. The van der Waals surface area contributed by atoms with Crippen LogP contribution < -0.4 is 0 Å². The SMILES string of the molecule is CCOC(=O)c1[nH]ccc1[C@H]1OC(C)(C)O[C@@H]1c1cc[nH]c1C(=O)OCC. The standard InChI is InChI=1S/C19H24N2O6/c1-5-24-17(22)13-11(7-9-20-13)15-16(27-19(3,4)26-15)12-8-10-21-14(12)18(23)25-6-2/h7-10,15-16,20-21H,5-6H2,1-4H3/t15-,16-/m1/s1. The molecule has 27 heavy (non-hydrogen) atoms. The summed E-state index contributed by atoms with van der Waals surface area (Å²) < 4.78 is 22.4. The van der Waals surface area contributed by atoms with E-state index in [4.69, 9.17) is 18.9 Å². The molecule has 8 heteroatoms. The molecule has 3 rings (SSSR count). The predicted octanol–water partition coefficient (Wildman–Crippen LogP) is 3.26. The minimum Gasteiger partial charge on any atom is -0.461 e. The maximum absolute atomic E-state index is 12.3. The molecule has 0 saturated carbocycles. The van der Waals surface area contributed by atoms with E-state index in [0.29, 0.717) is 22.5 Å². The number of hydrogen-bond acceptors (Lipinski definition) is 6. The van der Waals surface area contributed by atoms with E-state index in [2.05, 4.69) is 9.97 Å². The third-order valence-electron chi connectivity index (χ3n) is 4.23. The van der Waals surface area contributed by atoms with Crippen LogP contribution in [0.15, 0.2) is 24.5 Å². The molecular weight excluding hydrogens is 352 g/mol. The highest BCUT2D eigenvalue weighted by molar-refractivity contribution is 5.90. The first-order valence-corrected chi connectivity index (χ1v) is 8.92. The summed E-state index contributed by atoms with van der Waals surface area (Å²) in [6.45, 7) is 7.58. The van der Waals surface area contributed by atoms with Crippen molar-refractivity contribution >= 4 is 11.9 Å². The second-order valence-corrected chi connectivity index (χ2v) is 6.53. The van der Waals surface area contributed by atoms with Crippen molar-refractivity contribution in [2.45, 2.75) is 45.7 Å². The highest BCUT2D eigenvalue weighted by Crippen LogP contribution is 2.48. The van der Waals surface area contributed by atoms with Gasteiger partial charge in [-0.05, 0) is 39.8 Å². The Labute approximate surface area is 157 Å². The highest BCUT2D eigenvalue weighted by Gasteiger charge is 2.46. The Hall–Kier alpha value is -2.58. The molecule has 8 nitrogen and oxygen atoms in total. The number of nitrogens with one attached hydrogen (secondary N) is 2. The number of aromatic nitrogens is 2. The predicted molar refractivity (Wildman–Crippen MR) is 95.2 cm³/mol.